The lowest BCUT2D eigenvalue weighted by Gasteiger charge is -2.02. The molecule has 3 heteroatoms. The minimum atomic E-state index is 0.329. The predicted octanol–water partition coefficient (Wildman–Crippen LogP) is 3.63. The fourth-order valence-corrected chi connectivity index (χ4v) is 1.83. The van der Waals surface area contributed by atoms with Crippen LogP contribution in [0.5, 0.6) is 5.75 Å². The SMILES string of the molecule is C/C(=C/Cl)CSc1ccccc1O. The second-order valence-corrected chi connectivity index (χ2v) is 3.95. The second kappa shape index (κ2) is 5.20. The number of thioether (sulfide) groups is 1. The highest BCUT2D eigenvalue weighted by molar-refractivity contribution is 7.99. The van der Waals surface area contributed by atoms with Gasteiger partial charge in [0.05, 0.1) is 0 Å². The molecule has 0 radical (unpaired) electrons. The first-order valence-electron chi connectivity index (χ1n) is 3.90. The number of benzene rings is 1. The van der Waals surface area contributed by atoms with Gasteiger partial charge in [0.2, 0.25) is 0 Å². The van der Waals surface area contributed by atoms with E-state index in [1.807, 2.05) is 25.1 Å². The molecule has 1 aromatic carbocycles. The van der Waals surface area contributed by atoms with E-state index >= 15 is 0 Å². The van der Waals surface area contributed by atoms with E-state index in [0.29, 0.717) is 5.75 Å². The van der Waals surface area contributed by atoms with Crippen LogP contribution in [0.15, 0.2) is 40.3 Å². The van der Waals surface area contributed by atoms with Gasteiger partial charge in [0, 0.05) is 16.2 Å². The van der Waals surface area contributed by atoms with Crippen LogP contribution < -0.4 is 0 Å². The van der Waals surface area contributed by atoms with Crippen LogP contribution in [0.2, 0.25) is 0 Å². The second-order valence-electron chi connectivity index (χ2n) is 2.71. The molecule has 0 aliphatic rings. The highest BCUT2D eigenvalue weighted by Gasteiger charge is 1.99. The molecule has 13 heavy (non-hydrogen) atoms. The normalized spacial score (nSPS) is 11.7. The van der Waals surface area contributed by atoms with Gasteiger partial charge in [-0.3, -0.25) is 0 Å². The number of hydrogen-bond acceptors (Lipinski definition) is 2. The molecule has 70 valence electrons. The van der Waals surface area contributed by atoms with Crippen molar-refractivity contribution in [3.8, 4) is 5.75 Å². The molecule has 1 nitrogen and oxygen atoms in total. The van der Waals surface area contributed by atoms with E-state index in [4.69, 9.17) is 11.6 Å². The van der Waals surface area contributed by atoms with Crippen LogP contribution in [-0.4, -0.2) is 10.9 Å². The van der Waals surface area contributed by atoms with Gasteiger partial charge < -0.3 is 5.11 Å². The third-order valence-corrected chi connectivity index (χ3v) is 3.14. The molecule has 0 saturated carbocycles. The van der Waals surface area contributed by atoms with Gasteiger partial charge in [-0.25, -0.2) is 0 Å². The summed E-state index contributed by atoms with van der Waals surface area (Å²) in [4.78, 5) is 0.889. The van der Waals surface area contributed by atoms with Gasteiger partial charge in [0.25, 0.3) is 0 Å². The van der Waals surface area contributed by atoms with Crippen molar-refractivity contribution in [2.75, 3.05) is 5.75 Å². The van der Waals surface area contributed by atoms with Gasteiger partial charge in [-0.05, 0) is 19.1 Å². The van der Waals surface area contributed by atoms with Crippen molar-refractivity contribution < 1.29 is 5.11 Å². The molecule has 0 aliphatic carbocycles. The highest BCUT2D eigenvalue weighted by Crippen LogP contribution is 2.28. The van der Waals surface area contributed by atoms with Crippen LogP contribution in [0.3, 0.4) is 0 Å². The Morgan fingerprint density at radius 2 is 2.23 bits per heavy atom. The standard InChI is InChI=1S/C10H11ClOS/c1-8(6-11)7-13-10-5-3-2-4-9(10)12/h2-6,12H,7H2,1H3/b8-6-. The number of aromatic hydroxyl groups is 1. The highest BCUT2D eigenvalue weighted by atomic mass is 35.5. The third kappa shape index (κ3) is 3.33. The minimum absolute atomic E-state index is 0.329. The number of halogens is 1. The molecule has 0 fully saturated rings. The maximum atomic E-state index is 9.42. The lowest BCUT2D eigenvalue weighted by molar-refractivity contribution is 0.462. The molecule has 1 N–H and O–H groups in total. The fourth-order valence-electron chi connectivity index (χ4n) is 0.802. The van der Waals surface area contributed by atoms with E-state index in [9.17, 15) is 5.11 Å². The van der Waals surface area contributed by atoms with Crippen molar-refractivity contribution in [2.45, 2.75) is 11.8 Å². The lowest BCUT2D eigenvalue weighted by Crippen LogP contribution is -1.80. The molecule has 0 aliphatic heterocycles. The maximum absolute atomic E-state index is 9.42. The number of rotatable bonds is 3. The summed E-state index contributed by atoms with van der Waals surface area (Å²) in [6, 6.07) is 7.29. The van der Waals surface area contributed by atoms with Crippen molar-refractivity contribution in [3.63, 3.8) is 0 Å². The van der Waals surface area contributed by atoms with Gasteiger partial charge in [-0.1, -0.05) is 29.3 Å². The maximum Gasteiger partial charge on any atom is 0.129 e. The van der Waals surface area contributed by atoms with E-state index in [2.05, 4.69) is 0 Å². The largest absolute Gasteiger partial charge is 0.507 e. The Morgan fingerprint density at radius 3 is 2.85 bits per heavy atom. The zero-order valence-electron chi connectivity index (χ0n) is 7.33. The van der Waals surface area contributed by atoms with E-state index in [1.165, 1.54) is 0 Å². The first-order valence-corrected chi connectivity index (χ1v) is 5.33. The third-order valence-electron chi connectivity index (χ3n) is 1.51. The number of phenols is 1. The van der Waals surface area contributed by atoms with Crippen molar-refractivity contribution in [3.05, 3.63) is 35.4 Å². The molecule has 0 saturated heterocycles. The van der Waals surface area contributed by atoms with Crippen molar-refractivity contribution in [2.24, 2.45) is 0 Å². The average molecular weight is 215 g/mol. The van der Waals surface area contributed by atoms with Gasteiger partial charge in [-0.15, -0.1) is 11.8 Å². The molecule has 0 spiro atoms. The Kier molecular flexibility index (Phi) is 4.19. The predicted molar refractivity (Wildman–Crippen MR) is 58.4 cm³/mol. The minimum Gasteiger partial charge on any atom is -0.507 e. The van der Waals surface area contributed by atoms with E-state index in [1.54, 1.807) is 23.4 Å². The summed E-state index contributed by atoms with van der Waals surface area (Å²) >= 11 is 7.10. The molecule has 0 unspecified atom stereocenters. The number of phenolic OH excluding ortho intramolecular Hbond substituents is 1. The van der Waals surface area contributed by atoms with E-state index < -0.39 is 0 Å². The Morgan fingerprint density at radius 1 is 1.54 bits per heavy atom. The number of hydrogen-bond donors (Lipinski definition) is 1. The molecule has 1 aromatic rings. The van der Waals surface area contributed by atoms with E-state index in [0.717, 1.165) is 16.2 Å². The Bertz CT molecular complexity index is 310. The quantitative estimate of drug-likeness (QED) is 0.776. The average Bonchev–Trinajstić information content (AvgIpc) is 2.16. The fraction of sp³-hybridized carbons (Fsp3) is 0.200. The smallest absolute Gasteiger partial charge is 0.129 e. The summed E-state index contributed by atoms with van der Waals surface area (Å²) in [7, 11) is 0. The molecule has 0 atom stereocenters. The Balaban J connectivity index is 2.60. The van der Waals surface area contributed by atoms with Gasteiger partial charge in [-0.2, -0.15) is 0 Å². The van der Waals surface area contributed by atoms with Crippen LogP contribution >= 0.6 is 23.4 Å². The summed E-state index contributed by atoms with van der Waals surface area (Å²) in [5.74, 6) is 1.14. The Labute approximate surface area is 87.4 Å². The van der Waals surface area contributed by atoms with Crippen LogP contribution in [-0.2, 0) is 0 Å². The summed E-state index contributed by atoms with van der Waals surface area (Å²) in [5, 5.41) is 9.42. The molecule has 0 bridgehead atoms. The van der Waals surface area contributed by atoms with Crippen molar-refractivity contribution >= 4 is 23.4 Å². The van der Waals surface area contributed by atoms with Crippen LogP contribution in [0.4, 0.5) is 0 Å². The molecule has 1 rings (SSSR count). The monoisotopic (exact) mass is 214 g/mol. The van der Waals surface area contributed by atoms with Crippen LogP contribution in [0, 0.1) is 0 Å². The number of para-hydroxylation sites is 1. The molecular formula is C10H11ClOS. The summed E-state index contributed by atoms with van der Waals surface area (Å²) < 4.78 is 0. The van der Waals surface area contributed by atoms with Gasteiger partial charge >= 0.3 is 0 Å². The summed E-state index contributed by atoms with van der Waals surface area (Å²) in [6.07, 6.45) is 0. The van der Waals surface area contributed by atoms with Crippen molar-refractivity contribution in [1.82, 2.24) is 0 Å². The van der Waals surface area contributed by atoms with Crippen molar-refractivity contribution in [1.29, 1.82) is 0 Å². The Hall–Kier alpha value is -0.600. The lowest BCUT2D eigenvalue weighted by atomic mass is 10.3. The molecular weight excluding hydrogens is 204 g/mol. The first kappa shape index (κ1) is 10.5. The van der Waals surface area contributed by atoms with Gasteiger partial charge in [0.1, 0.15) is 5.75 Å². The van der Waals surface area contributed by atoms with Crippen LogP contribution in [0.1, 0.15) is 6.92 Å². The summed E-state index contributed by atoms with van der Waals surface area (Å²) in [5.41, 5.74) is 2.66. The first-order chi connectivity index (χ1) is 6.24. The zero-order valence-corrected chi connectivity index (χ0v) is 8.90. The zero-order chi connectivity index (χ0) is 9.68. The topological polar surface area (TPSA) is 20.2 Å². The van der Waals surface area contributed by atoms with Crippen LogP contribution in [0.25, 0.3) is 0 Å². The molecule has 0 amide bonds. The molecule has 0 heterocycles. The molecule has 0 aromatic heterocycles. The van der Waals surface area contributed by atoms with Gasteiger partial charge in [0.15, 0.2) is 0 Å². The van der Waals surface area contributed by atoms with E-state index in [-0.39, 0.29) is 0 Å². The summed E-state index contributed by atoms with van der Waals surface area (Å²) in [6.45, 7) is 1.96.